The lowest BCUT2D eigenvalue weighted by atomic mass is 9.82. The monoisotopic (exact) mass is 758 g/mol. The highest BCUT2D eigenvalue weighted by Gasteiger charge is 2.35. The summed E-state index contributed by atoms with van der Waals surface area (Å²) in [5.74, 6) is 0. The topological polar surface area (TPSA) is 8.17 Å². The van der Waals surface area contributed by atoms with E-state index in [9.17, 15) is 0 Å². The van der Waals surface area contributed by atoms with Crippen LogP contribution in [0.5, 0.6) is 0 Å². The number of fused-ring (bicyclic) bond motifs is 11. The molecule has 11 aromatic rings. The molecule has 0 N–H and O–H groups in total. The lowest BCUT2D eigenvalue weighted by Crippen LogP contribution is -2.16. The van der Waals surface area contributed by atoms with E-state index in [1.54, 1.807) is 0 Å². The molecule has 274 valence electrons. The third kappa shape index (κ3) is 4.90. The molecule has 0 spiro atoms. The van der Waals surface area contributed by atoms with Crippen LogP contribution >= 0.6 is 11.3 Å². The summed E-state index contributed by atoms with van der Waals surface area (Å²) < 4.78 is 5.01. The van der Waals surface area contributed by atoms with E-state index in [2.05, 4.69) is 217 Å². The van der Waals surface area contributed by atoms with Gasteiger partial charge in [0.1, 0.15) is 0 Å². The van der Waals surface area contributed by atoms with Gasteiger partial charge in [-0.3, -0.25) is 0 Å². The van der Waals surface area contributed by atoms with Crippen LogP contribution in [0, 0.1) is 0 Å². The van der Waals surface area contributed by atoms with E-state index >= 15 is 0 Å². The third-order valence-electron chi connectivity index (χ3n) is 12.6. The van der Waals surface area contributed by atoms with Crippen molar-refractivity contribution in [2.45, 2.75) is 19.3 Å². The van der Waals surface area contributed by atoms with Crippen LogP contribution in [0.4, 0.5) is 17.1 Å². The van der Waals surface area contributed by atoms with Crippen LogP contribution in [0.1, 0.15) is 25.0 Å². The largest absolute Gasteiger partial charge is 0.310 e. The van der Waals surface area contributed by atoms with E-state index in [1.165, 1.54) is 91.8 Å². The third-order valence-corrected chi connectivity index (χ3v) is 13.7. The molecule has 2 nitrogen and oxygen atoms in total. The Bertz CT molecular complexity index is 3420. The van der Waals surface area contributed by atoms with Gasteiger partial charge in [0.15, 0.2) is 0 Å². The van der Waals surface area contributed by atoms with Gasteiger partial charge in [-0.15, -0.1) is 11.3 Å². The fourth-order valence-electron chi connectivity index (χ4n) is 9.76. The van der Waals surface area contributed by atoms with E-state index in [1.807, 2.05) is 11.3 Å². The summed E-state index contributed by atoms with van der Waals surface area (Å²) in [5.41, 5.74) is 14.8. The zero-order valence-electron chi connectivity index (χ0n) is 32.3. The van der Waals surface area contributed by atoms with Gasteiger partial charge in [0.25, 0.3) is 0 Å². The van der Waals surface area contributed by atoms with Crippen LogP contribution in [0.2, 0.25) is 0 Å². The average Bonchev–Trinajstić information content (AvgIpc) is 3.89. The molecule has 0 saturated carbocycles. The zero-order valence-corrected chi connectivity index (χ0v) is 33.1. The highest BCUT2D eigenvalue weighted by Crippen LogP contribution is 2.51. The maximum Gasteiger partial charge on any atom is 0.0547 e. The lowest BCUT2D eigenvalue weighted by Gasteiger charge is -2.28. The SMILES string of the molecule is CC1(C)c2ccccc2-c2ccc(N(c3ccc(-c4ccccc4)cc3)c3ccc4c(c3)sc3cc(-n5c6ccccc6c6c7ccccc7ccc65)ccc34)cc21. The molecule has 1 aliphatic carbocycles. The fraction of sp³-hybridized carbons (Fsp3) is 0.0545. The summed E-state index contributed by atoms with van der Waals surface area (Å²) in [6.45, 7) is 4.72. The van der Waals surface area contributed by atoms with Crippen molar-refractivity contribution in [3.8, 4) is 27.9 Å². The quantitative estimate of drug-likeness (QED) is 0.170. The van der Waals surface area contributed by atoms with E-state index in [0.717, 1.165) is 17.1 Å². The molecular weight excluding hydrogens is 721 g/mol. The molecule has 0 bridgehead atoms. The minimum atomic E-state index is -0.0959. The molecule has 1 aliphatic rings. The Morgan fingerprint density at radius 2 is 1.07 bits per heavy atom. The summed E-state index contributed by atoms with van der Waals surface area (Å²) in [4.78, 5) is 2.44. The number of rotatable bonds is 5. The molecule has 0 atom stereocenters. The van der Waals surface area contributed by atoms with Gasteiger partial charge in [0.2, 0.25) is 0 Å². The molecule has 0 aliphatic heterocycles. The van der Waals surface area contributed by atoms with Gasteiger partial charge < -0.3 is 9.47 Å². The summed E-state index contributed by atoms with van der Waals surface area (Å²) >= 11 is 1.88. The lowest BCUT2D eigenvalue weighted by molar-refractivity contribution is 0.660. The van der Waals surface area contributed by atoms with Gasteiger partial charge in [-0.25, -0.2) is 0 Å². The van der Waals surface area contributed by atoms with Crippen LogP contribution in [0.25, 0.3) is 80.7 Å². The first-order valence-corrected chi connectivity index (χ1v) is 20.9. The predicted octanol–water partition coefficient (Wildman–Crippen LogP) is 15.7. The summed E-state index contributed by atoms with van der Waals surface area (Å²) in [5, 5.41) is 7.73. The van der Waals surface area contributed by atoms with Crippen LogP contribution < -0.4 is 4.90 Å². The molecule has 0 amide bonds. The standard InChI is InChI=1S/C55H38N2S/c1-55(2)48-18-10-8-16-43(48)44-28-25-39(32-49(44)55)56(38-23-20-36(21-24-38)35-12-4-3-5-13-35)40-26-29-45-46-30-27-41(34-53(46)58-52(45)33-40)57-50-19-11-9-17-47(50)54-42-15-7-6-14-37(42)22-31-51(54)57/h3-34H,1-2H3. The molecule has 0 fully saturated rings. The number of para-hydroxylation sites is 1. The van der Waals surface area contributed by atoms with Crippen molar-refractivity contribution in [2.75, 3.05) is 4.90 Å². The van der Waals surface area contributed by atoms with Gasteiger partial charge in [0.05, 0.1) is 11.0 Å². The molecule has 2 heterocycles. The normalized spacial score (nSPS) is 13.1. The molecule has 58 heavy (non-hydrogen) atoms. The Kier molecular flexibility index (Phi) is 7.18. The van der Waals surface area contributed by atoms with Crippen LogP contribution in [0.15, 0.2) is 194 Å². The van der Waals surface area contributed by atoms with E-state index in [4.69, 9.17) is 0 Å². The Labute approximate surface area is 341 Å². The maximum atomic E-state index is 2.45. The van der Waals surface area contributed by atoms with E-state index in [-0.39, 0.29) is 5.41 Å². The molecule has 0 radical (unpaired) electrons. The van der Waals surface area contributed by atoms with Crippen molar-refractivity contribution in [2.24, 2.45) is 0 Å². The number of hydrogen-bond acceptors (Lipinski definition) is 2. The first-order chi connectivity index (χ1) is 28.5. The predicted molar refractivity (Wildman–Crippen MR) is 249 cm³/mol. The number of nitrogens with zero attached hydrogens (tertiary/aromatic N) is 2. The molecule has 0 unspecified atom stereocenters. The number of thiophene rings is 1. The molecule has 2 aromatic heterocycles. The van der Waals surface area contributed by atoms with E-state index < -0.39 is 0 Å². The van der Waals surface area contributed by atoms with Crippen molar-refractivity contribution in [1.82, 2.24) is 4.57 Å². The minimum absolute atomic E-state index is 0.0959. The molecule has 12 rings (SSSR count). The van der Waals surface area contributed by atoms with Gasteiger partial charge >= 0.3 is 0 Å². The number of aromatic nitrogens is 1. The van der Waals surface area contributed by atoms with Crippen molar-refractivity contribution < 1.29 is 0 Å². The Hall–Kier alpha value is -6.94. The van der Waals surface area contributed by atoms with Crippen molar-refractivity contribution in [1.29, 1.82) is 0 Å². The summed E-state index contributed by atoms with van der Waals surface area (Å²) in [6, 6.07) is 71.8. The number of anilines is 3. The van der Waals surface area contributed by atoms with Gasteiger partial charge in [-0.2, -0.15) is 0 Å². The highest BCUT2D eigenvalue weighted by atomic mass is 32.1. The Morgan fingerprint density at radius 3 is 1.93 bits per heavy atom. The molecule has 0 saturated heterocycles. The summed E-state index contributed by atoms with van der Waals surface area (Å²) in [6.07, 6.45) is 0. The maximum absolute atomic E-state index is 2.45. The number of hydrogen-bond donors (Lipinski definition) is 0. The Balaban J connectivity index is 1.01. The first-order valence-electron chi connectivity index (χ1n) is 20.1. The molecular formula is C55H38N2S. The minimum Gasteiger partial charge on any atom is -0.310 e. The zero-order chi connectivity index (χ0) is 38.5. The smallest absolute Gasteiger partial charge is 0.0547 e. The fourth-order valence-corrected chi connectivity index (χ4v) is 10.9. The van der Waals surface area contributed by atoms with Gasteiger partial charge in [0, 0.05) is 59.1 Å². The van der Waals surface area contributed by atoms with Crippen LogP contribution in [-0.2, 0) is 5.41 Å². The van der Waals surface area contributed by atoms with Gasteiger partial charge in [-0.1, -0.05) is 147 Å². The summed E-state index contributed by atoms with van der Waals surface area (Å²) in [7, 11) is 0. The van der Waals surface area contributed by atoms with Crippen molar-refractivity contribution in [3.63, 3.8) is 0 Å². The average molecular weight is 759 g/mol. The number of benzene rings is 9. The first kappa shape index (κ1) is 33.2. The van der Waals surface area contributed by atoms with Crippen molar-refractivity contribution in [3.05, 3.63) is 205 Å². The van der Waals surface area contributed by atoms with Crippen LogP contribution in [0.3, 0.4) is 0 Å². The second-order valence-electron chi connectivity index (χ2n) is 16.1. The van der Waals surface area contributed by atoms with E-state index in [0.29, 0.717) is 0 Å². The molecule has 9 aromatic carbocycles. The van der Waals surface area contributed by atoms with Crippen LogP contribution in [-0.4, -0.2) is 4.57 Å². The van der Waals surface area contributed by atoms with Gasteiger partial charge in [-0.05, 0) is 105 Å². The van der Waals surface area contributed by atoms with Crippen molar-refractivity contribution >= 4 is 81.1 Å². The second-order valence-corrected chi connectivity index (χ2v) is 17.2. The highest BCUT2D eigenvalue weighted by molar-refractivity contribution is 7.25. The Morgan fingerprint density at radius 1 is 0.431 bits per heavy atom. The second kappa shape index (κ2) is 12.5. The molecule has 3 heteroatoms.